The maximum absolute atomic E-state index is 12.9. The summed E-state index contributed by atoms with van der Waals surface area (Å²) in [6.07, 6.45) is 40.8. The number of hydrogen-bond donors (Lipinski definition) is 1. The minimum atomic E-state index is -1.24. The monoisotopic (exact) mass is 855 g/mol. The Labute approximate surface area is 369 Å². The summed E-state index contributed by atoms with van der Waals surface area (Å²) in [5, 5.41) is 3.36. The van der Waals surface area contributed by atoms with E-state index in [1.165, 1.54) is 122 Å². The highest BCUT2D eigenvalue weighted by Crippen LogP contribution is 2.19. The first kappa shape index (κ1) is 57.5. The molecule has 1 unspecified atom stereocenters. The van der Waals surface area contributed by atoms with Crippen molar-refractivity contribution in [2.45, 2.75) is 245 Å². The third kappa shape index (κ3) is 41.6. The van der Waals surface area contributed by atoms with Crippen LogP contribution in [0.25, 0.3) is 0 Å². The van der Waals surface area contributed by atoms with Gasteiger partial charge in [-0.25, -0.2) is 0 Å². The Hall–Kier alpha value is -1.52. The SMILES string of the molecule is CCCCCCCCCOC(=O)CCCCCCCN(CCCCCCCC(=O)OC(CCCCCCCC)CCCCCCCC)CCCN/C(=N/[S+](C)[O-])N(C)C. The second-order valence-electron chi connectivity index (χ2n) is 17.5. The van der Waals surface area contributed by atoms with E-state index in [1.54, 1.807) is 6.26 Å². The number of unbranched alkanes of at least 4 members (excludes halogenated alkanes) is 24. The van der Waals surface area contributed by atoms with Crippen LogP contribution in [0.2, 0.25) is 0 Å². The quantitative estimate of drug-likeness (QED) is 0.0212. The van der Waals surface area contributed by atoms with Crippen molar-refractivity contribution in [1.29, 1.82) is 0 Å². The minimum Gasteiger partial charge on any atom is -0.591 e. The van der Waals surface area contributed by atoms with Crippen molar-refractivity contribution in [1.82, 2.24) is 15.1 Å². The summed E-state index contributed by atoms with van der Waals surface area (Å²) >= 11 is -1.24. The predicted octanol–water partition coefficient (Wildman–Crippen LogP) is 12.9. The summed E-state index contributed by atoms with van der Waals surface area (Å²) in [4.78, 5) is 29.5. The largest absolute Gasteiger partial charge is 0.591 e. The zero-order valence-corrected chi connectivity index (χ0v) is 40.8. The molecule has 0 aromatic heterocycles. The summed E-state index contributed by atoms with van der Waals surface area (Å²) in [6.45, 7) is 11.3. The number of carbonyl (C=O) groups excluding carboxylic acids is 2. The lowest BCUT2D eigenvalue weighted by molar-refractivity contribution is -0.150. The topological polar surface area (TPSA) is 107 Å². The first-order valence-electron chi connectivity index (χ1n) is 25.1. The van der Waals surface area contributed by atoms with Gasteiger partial charge in [-0.15, -0.1) is 0 Å². The van der Waals surface area contributed by atoms with Crippen LogP contribution in [0.4, 0.5) is 0 Å². The van der Waals surface area contributed by atoms with E-state index >= 15 is 0 Å². The fourth-order valence-corrected chi connectivity index (χ4v) is 8.10. The fraction of sp³-hybridized carbons (Fsp3) is 0.939. The molecule has 0 aromatic carbocycles. The molecule has 350 valence electrons. The summed E-state index contributed by atoms with van der Waals surface area (Å²) in [7, 11) is 3.83. The molecule has 1 atom stereocenters. The molecule has 0 aromatic rings. The maximum Gasteiger partial charge on any atom is 0.306 e. The van der Waals surface area contributed by atoms with E-state index in [9.17, 15) is 14.1 Å². The van der Waals surface area contributed by atoms with Crippen LogP contribution in [0.5, 0.6) is 0 Å². The molecule has 0 fully saturated rings. The lowest BCUT2D eigenvalue weighted by Crippen LogP contribution is -2.38. The fourth-order valence-electron chi connectivity index (χ4n) is 7.63. The van der Waals surface area contributed by atoms with E-state index in [1.807, 2.05) is 19.0 Å². The average Bonchev–Trinajstić information content (AvgIpc) is 3.21. The van der Waals surface area contributed by atoms with Gasteiger partial charge in [-0.2, -0.15) is 0 Å². The van der Waals surface area contributed by atoms with E-state index < -0.39 is 11.4 Å². The van der Waals surface area contributed by atoms with Gasteiger partial charge >= 0.3 is 11.9 Å². The first-order valence-corrected chi connectivity index (χ1v) is 26.7. The molecule has 0 saturated carbocycles. The molecule has 0 saturated heterocycles. The van der Waals surface area contributed by atoms with Crippen LogP contribution in [0.3, 0.4) is 0 Å². The number of esters is 2. The van der Waals surface area contributed by atoms with Crippen molar-refractivity contribution in [3.63, 3.8) is 0 Å². The van der Waals surface area contributed by atoms with Gasteiger partial charge in [-0.05, 0) is 88.2 Å². The molecule has 0 aliphatic rings. The first-order chi connectivity index (χ1) is 28.7. The molecule has 0 aliphatic carbocycles. The van der Waals surface area contributed by atoms with Gasteiger partial charge in [0.05, 0.1) is 18.0 Å². The second kappa shape index (κ2) is 44.5. The van der Waals surface area contributed by atoms with Crippen molar-refractivity contribution in [3.05, 3.63) is 0 Å². The number of nitrogens with one attached hydrogen (secondary N) is 1. The summed E-state index contributed by atoms with van der Waals surface area (Å²) < 4.78 is 27.4. The number of hydrogen-bond acceptors (Lipinski definition) is 7. The summed E-state index contributed by atoms with van der Waals surface area (Å²) in [5.41, 5.74) is 0. The van der Waals surface area contributed by atoms with Gasteiger partial charge in [0, 0.05) is 33.5 Å². The Morgan fingerprint density at radius 3 is 1.44 bits per heavy atom. The van der Waals surface area contributed by atoms with Crippen LogP contribution < -0.4 is 5.32 Å². The van der Waals surface area contributed by atoms with E-state index in [0.29, 0.717) is 25.4 Å². The number of nitrogens with zero attached hydrogens (tertiary/aromatic N) is 3. The highest BCUT2D eigenvalue weighted by atomic mass is 32.2. The summed E-state index contributed by atoms with van der Waals surface area (Å²) in [5.74, 6) is 0.641. The summed E-state index contributed by atoms with van der Waals surface area (Å²) in [6, 6.07) is 0. The Kier molecular flexibility index (Phi) is 43.4. The molecule has 10 heteroatoms. The second-order valence-corrected chi connectivity index (χ2v) is 18.5. The van der Waals surface area contributed by atoms with Gasteiger partial charge in [0.25, 0.3) is 0 Å². The van der Waals surface area contributed by atoms with Gasteiger partial charge in [0.1, 0.15) is 12.4 Å². The number of ether oxygens (including phenoxy) is 2. The third-order valence-corrected chi connectivity index (χ3v) is 11.8. The zero-order chi connectivity index (χ0) is 43.4. The van der Waals surface area contributed by atoms with E-state index in [0.717, 1.165) is 110 Å². The highest BCUT2D eigenvalue weighted by molar-refractivity contribution is 7.89. The van der Waals surface area contributed by atoms with Crippen molar-refractivity contribution in [3.8, 4) is 0 Å². The van der Waals surface area contributed by atoms with Crippen molar-refractivity contribution < 1.29 is 23.6 Å². The standard InChI is InChI=1S/C49H98N4O5S/c1-7-10-13-16-19-28-35-45-57-47(54)39-31-24-20-26-33-42-53(44-36-41-50-49(52(4)5)51-59(6)56)43-34-27-21-25-32-40-48(55)58-46(37-29-22-17-14-11-8-2)38-30-23-18-15-12-9-3/h46H,7-45H2,1-6H3,(H,50,51). The van der Waals surface area contributed by atoms with Gasteiger partial charge in [0.15, 0.2) is 0 Å². The van der Waals surface area contributed by atoms with E-state index in [2.05, 4.69) is 35.4 Å². The Morgan fingerprint density at radius 2 is 0.966 bits per heavy atom. The van der Waals surface area contributed by atoms with E-state index in [4.69, 9.17) is 9.47 Å². The van der Waals surface area contributed by atoms with Crippen LogP contribution >= 0.6 is 0 Å². The lowest BCUT2D eigenvalue weighted by atomic mass is 10.0. The third-order valence-electron chi connectivity index (χ3n) is 11.4. The van der Waals surface area contributed by atoms with Crippen LogP contribution in [-0.4, -0.2) is 91.5 Å². The lowest BCUT2D eigenvalue weighted by Gasteiger charge is -2.23. The molecule has 1 N–H and O–H groups in total. The van der Waals surface area contributed by atoms with Gasteiger partial charge in [0.2, 0.25) is 5.96 Å². The number of guanidine groups is 1. The van der Waals surface area contributed by atoms with Gasteiger partial charge < -0.3 is 29.1 Å². The average molecular weight is 855 g/mol. The van der Waals surface area contributed by atoms with Crippen LogP contribution in [0.15, 0.2) is 4.40 Å². The van der Waals surface area contributed by atoms with Crippen molar-refractivity contribution >= 4 is 29.3 Å². The zero-order valence-electron chi connectivity index (χ0n) is 39.9. The number of rotatable bonds is 44. The Balaban J connectivity index is 4.54. The highest BCUT2D eigenvalue weighted by Gasteiger charge is 2.15. The molecule has 0 radical (unpaired) electrons. The van der Waals surface area contributed by atoms with Crippen LogP contribution in [0.1, 0.15) is 239 Å². The van der Waals surface area contributed by atoms with Crippen molar-refractivity contribution in [2.24, 2.45) is 4.40 Å². The normalized spacial score (nSPS) is 12.4. The minimum absolute atomic E-state index is 0.0122. The Morgan fingerprint density at radius 1 is 0.559 bits per heavy atom. The predicted molar refractivity (Wildman–Crippen MR) is 254 cm³/mol. The molecule has 59 heavy (non-hydrogen) atoms. The molecule has 0 bridgehead atoms. The van der Waals surface area contributed by atoms with E-state index in [-0.39, 0.29) is 18.0 Å². The molecule has 0 spiro atoms. The molecule has 0 rings (SSSR count). The molecule has 9 nitrogen and oxygen atoms in total. The van der Waals surface area contributed by atoms with Crippen LogP contribution in [-0.2, 0) is 30.4 Å². The van der Waals surface area contributed by atoms with Crippen LogP contribution in [0, 0.1) is 0 Å². The number of carbonyl (C=O) groups is 2. The van der Waals surface area contributed by atoms with Gasteiger partial charge in [-0.3, -0.25) is 9.59 Å². The van der Waals surface area contributed by atoms with Gasteiger partial charge in [-0.1, -0.05) is 162 Å². The Bertz CT molecular complexity index is 937. The molecule has 0 aliphatic heterocycles. The molecular weight excluding hydrogens is 757 g/mol. The smallest absolute Gasteiger partial charge is 0.306 e. The molecule has 0 heterocycles. The molecular formula is C49H98N4O5S. The van der Waals surface area contributed by atoms with Crippen molar-refractivity contribution in [2.75, 3.05) is 53.1 Å². The molecule has 0 amide bonds. The maximum atomic E-state index is 12.9.